The van der Waals surface area contributed by atoms with Crippen LogP contribution < -0.4 is 5.73 Å². The molecule has 0 radical (unpaired) electrons. The molecule has 3 atom stereocenters. The van der Waals surface area contributed by atoms with Gasteiger partial charge in [0.25, 0.3) is 0 Å². The topological polar surface area (TPSA) is 91.1 Å². The van der Waals surface area contributed by atoms with E-state index in [1.165, 1.54) is 19.1 Å². The van der Waals surface area contributed by atoms with Gasteiger partial charge in [-0.15, -0.1) is 0 Å². The Balaban J connectivity index is 1.40. The van der Waals surface area contributed by atoms with Crippen molar-refractivity contribution in [3.05, 3.63) is 35.9 Å². The summed E-state index contributed by atoms with van der Waals surface area (Å²) >= 11 is 0. The number of methoxy groups -OCH3 is 1. The number of nitrogens with zero attached hydrogens (tertiary/aromatic N) is 1. The maximum Gasteiger partial charge on any atom is 0.328 e. The molecule has 1 saturated carbocycles. The zero-order chi connectivity index (χ0) is 22.8. The second-order valence-corrected chi connectivity index (χ2v) is 8.93. The highest BCUT2D eigenvalue weighted by Gasteiger charge is 2.43. The van der Waals surface area contributed by atoms with Gasteiger partial charge in [-0.1, -0.05) is 49.6 Å². The van der Waals surface area contributed by atoms with Gasteiger partial charge in [-0.2, -0.15) is 0 Å². The maximum absolute atomic E-state index is 13.1. The Morgan fingerprint density at radius 1 is 1.09 bits per heavy atom. The number of carbonyl (C=O) groups excluding carboxylic acids is 2. The third-order valence-electron chi connectivity index (χ3n) is 6.61. The Kier molecular flexibility index (Phi) is 9.96. The number of benzene rings is 1. The summed E-state index contributed by atoms with van der Waals surface area (Å²) in [6.45, 7) is 2.26. The van der Waals surface area contributed by atoms with Crippen LogP contribution in [0.25, 0.3) is 0 Å². The first-order valence-electron chi connectivity index (χ1n) is 12.0. The molecule has 0 aromatic heterocycles. The van der Waals surface area contributed by atoms with Gasteiger partial charge in [-0.3, -0.25) is 4.79 Å². The molecule has 1 aliphatic carbocycles. The van der Waals surface area contributed by atoms with Crippen molar-refractivity contribution >= 4 is 11.9 Å². The van der Waals surface area contributed by atoms with Gasteiger partial charge in [-0.25, -0.2) is 4.79 Å². The molecule has 7 heteroatoms. The Labute approximate surface area is 191 Å². The van der Waals surface area contributed by atoms with Crippen LogP contribution in [-0.2, 0) is 30.4 Å². The molecular formula is C25H38N2O5. The molecule has 1 aromatic carbocycles. The molecular weight excluding hydrogens is 408 g/mol. The molecule has 0 unspecified atom stereocenters. The molecule has 0 bridgehead atoms. The first-order valence-corrected chi connectivity index (χ1v) is 12.0. The van der Waals surface area contributed by atoms with Gasteiger partial charge in [0.05, 0.1) is 25.9 Å². The lowest BCUT2D eigenvalue weighted by Crippen LogP contribution is -2.52. The molecule has 32 heavy (non-hydrogen) atoms. The lowest BCUT2D eigenvalue weighted by molar-refractivity contribution is -0.151. The predicted octanol–water partition coefficient (Wildman–Crippen LogP) is 3.05. The molecule has 1 aliphatic heterocycles. The van der Waals surface area contributed by atoms with E-state index < -0.39 is 18.1 Å². The largest absolute Gasteiger partial charge is 0.467 e. The van der Waals surface area contributed by atoms with Crippen LogP contribution >= 0.6 is 0 Å². The summed E-state index contributed by atoms with van der Waals surface area (Å²) in [6, 6.07) is 8.94. The highest BCUT2D eigenvalue weighted by molar-refractivity contribution is 5.88. The van der Waals surface area contributed by atoms with E-state index in [0.29, 0.717) is 32.8 Å². The van der Waals surface area contributed by atoms with Crippen LogP contribution in [0.3, 0.4) is 0 Å². The second-order valence-electron chi connectivity index (χ2n) is 8.93. The maximum atomic E-state index is 13.1. The molecule has 7 nitrogen and oxygen atoms in total. The molecule has 0 spiro atoms. The quantitative estimate of drug-likeness (QED) is 0.415. The van der Waals surface area contributed by atoms with Crippen molar-refractivity contribution < 1.29 is 23.8 Å². The molecule has 1 heterocycles. The van der Waals surface area contributed by atoms with E-state index in [1.807, 2.05) is 30.3 Å². The minimum absolute atomic E-state index is 0.146. The molecule has 2 aliphatic rings. The zero-order valence-corrected chi connectivity index (χ0v) is 19.2. The van der Waals surface area contributed by atoms with E-state index in [2.05, 4.69) is 0 Å². The van der Waals surface area contributed by atoms with Gasteiger partial charge in [-0.05, 0) is 37.2 Å². The van der Waals surface area contributed by atoms with Crippen molar-refractivity contribution in [1.29, 1.82) is 0 Å². The minimum atomic E-state index is -0.610. The van der Waals surface area contributed by atoms with Crippen molar-refractivity contribution in [1.82, 2.24) is 4.90 Å². The van der Waals surface area contributed by atoms with Crippen molar-refractivity contribution in [2.45, 2.75) is 76.2 Å². The molecule has 1 aromatic rings. The summed E-state index contributed by atoms with van der Waals surface area (Å²) in [6.07, 6.45) is 7.45. The first kappa shape index (κ1) is 24.7. The van der Waals surface area contributed by atoms with Crippen LogP contribution in [-0.4, -0.2) is 61.8 Å². The second kappa shape index (κ2) is 12.9. The Morgan fingerprint density at radius 3 is 2.53 bits per heavy atom. The van der Waals surface area contributed by atoms with Crippen molar-refractivity contribution in [2.75, 3.05) is 26.9 Å². The third kappa shape index (κ3) is 7.02. The van der Waals surface area contributed by atoms with E-state index in [-0.39, 0.29) is 17.9 Å². The highest BCUT2D eigenvalue weighted by atomic mass is 16.5. The first-order chi connectivity index (χ1) is 15.6. The average Bonchev–Trinajstić information content (AvgIpc) is 3.27. The monoisotopic (exact) mass is 446 g/mol. The van der Waals surface area contributed by atoms with Gasteiger partial charge >= 0.3 is 5.97 Å². The number of rotatable bonds is 11. The number of esters is 1. The molecule has 2 N–H and O–H groups in total. The lowest BCUT2D eigenvalue weighted by atomic mass is 9.83. The smallest absolute Gasteiger partial charge is 0.328 e. The fourth-order valence-corrected chi connectivity index (χ4v) is 4.73. The van der Waals surface area contributed by atoms with Gasteiger partial charge in [0.2, 0.25) is 5.91 Å². The van der Waals surface area contributed by atoms with E-state index in [4.69, 9.17) is 19.9 Å². The van der Waals surface area contributed by atoms with Crippen LogP contribution in [0.4, 0.5) is 0 Å². The predicted molar refractivity (Wildman–Crippen MR) is 122 cm³/mol. The molecule has 178 valence electrons. The van der Waals surface area contributed by atoms with E-state index in [9.17, 15) is 9.59 Å². The van der Waals surface area contributed by atoms with E-state index in [0.717, 1.165) is 38.5 Å². The number of hydrogen-bond acceptors (Lipinski definition) is 6. The van der Waals surface area contributed by atoms with Crippen LogP contribution in [0.5, 0.6) is 0 Å². The number of unbranched alkanes of at least 4 members (excludes halogenated alkanes) is 1. The molecule has 3 rings (SSSR count). The van der Waals surface area contributed by atoms with Crippen LogP contribution in [0.2, 0.25) is 0 Å². The van der Waals surface area contributed by atoms with Gasteiger partial charge < -0.3 is 24.8 Å². The molecule has 2 fully saturated rings. The van der Waals surface area contributed by atoms with Crippen LogP contribution in [0, 0.1) is 5.92 Å². The average molecular weight is 447 g/mol. The number of ether oxygens (including phenoxy) is 3. The Morgan fingerprint density at radius 2 is 1.81 bits per heavy atom. The third-order valence-corrected chi connectivity index (χ3v) is 6.61. The van der Waals surface area contributed by atoms with Crippen molar-refractivity contribution in [2.24, 2.45) is 11.7 Å². The summed E-state index contributed by atoms with van der Waals surface area (Å²) in [4.78, 5) is 27.0. The highest BCUT2D eigenvalue weighted by Crippen LogP contribution is 2.29. The van der Waals surface area contributed by atoms with Crippen molar-refractivity contribution in [3.8, 4) is 0 Å². The number of nitrogens with two attached hydrogens (primary N) is 1. The summed E-state index contributed by atoms with van der Waals surface area (Å²) < 4.78 is 16.7. The molecule has 1 saturated heterocycles. The van der Waals surface area contributed by atoms with E-state index in [1.54, 1.807) is 4.90 Å². The zero-order valence-electron chi connectivity index (χ0n) is 19.2. The lowest BCUT2D eigenvalue weighted by Gasteiger charge is -2.31. The van der Waals surface area contributed by atoms with Gasteiger partial charge in [0.15, 0.2) is 0 Å². The Hall–Kier alpha value is -1.96. The number of likely N-dealkylation sites (tertiary alicyclic amines) is 1. The number of amides is 1. The SMILES string of the molecule is COC(=O)[C@@H]1C[C@@H](OCCCCOCc2ccccc2)CN1C(=O)[C@@H](N)C1CCCCC1. The summed E-state index contributed by atoms with van der Waals surface area (Å²) in [5.74, 6) is -0.340. The fraction of sp³-hybridized carbons (Fsp3) is 0.680. The minimum Gasteiger partial charge on any atom is -0.467 e. The number of carbonyl (C=O) groups is 2. The summed E-state index contributed by atoms with van der Waals surface area (Å²) in [5, 5.41) is 0. The summed E-state index contributed by atoms with van der Waals surface area (Å²) in [5.41, 5.74) is 7.50. The normalized spacial score (nSPS) is 22.6. The summed E-state index contributed by atoms with van der Waals surface area (Å²) in [7, 11) is 1.36. The van der Waals surface area contributed by atoms with Crippen molar-refractivity contribution in [3.63, 3.8) is 0 Å². The van der Waals surface area contributed by atoms with E-state index >= 15 is 0 Å². The Bertz CT molecular complexity index is 708. The van der Waals surface area contributed by atoms with Crippen LogP contribution in [0.15, 0.2) is 30.3 Å². The van der Waals surface area contributed by atoms with Gasteiger partial charge in [0, 0.05) is 26.2 Å². The van der Waals surface area contributed by atoms with Gasteiger partial charge in [0.1, 0.15) is 6.04 Å². The molecule has 1 amide bonds. The fourth-order valence-electron chi connectivity index (χ4n) is 4.73. The number of hydrogen-bond donors (Lipinski definition) is 1. The van der Waals surface area contributed by atoms with Crippen LogP contribution in [0.1, 0.15) is 56.9 Å². The standard InChI is InChI=1S/C25H38N2O5/c1-30-25(29)22-16-21(17-27(22)24(28)23(26)20-12-6-3-7-13-20)32-15-9-8-14-31-18-19-10-4-2-5-11-19/h2,4-5,10-11,20-23H,3,6-9,12-18,26H2,1H3/t21-,22+,23+/m1/s1.